The first-order valence-corrected chi connectivity index (χ1v) is 12.1. The number of aliphatic hydroxyl groups is 1. The maximum Gasteiger partial charge on any atom is 0.157 e. The molecule has 1 unspecified atom stereocenters. The summed E-state index contributed by atoms with van der Waals surface area (Å²) < 4.78 is 11.3. The van der Waals surface area contributed by atoms with Crippen LogP contribution in [0.1, 0.15) is 109 Å². The van der Waals surface area contributed by atoms with Crippen molar-refractivity contribution in [2.24, 2.45) is 0 Å². The monoisotopic (exact) mass is 394 g/mol. The molecule has 164 valence electrons. The summed E-state index contributed by atoms with van der Waals surface area (Å²) in [5.74, 6) is 0. The van der Waals surface area contributed by atoms with Gasteiger partial charge in [0, 0.05) is 19.8 Å². The largest absolute Gasteiger partial charge is 0.396 e. The SMILES string of the molecule is OCCCCC/C=C\CCCCCCC/C=C\CCCCOC1CCCCO1. The molecule has 1 fully saturated rings. The number of ether oxygens (including phenoxy) is 2. The van der Waals surface area contributed by atoms with E-state index in [-0.39, 0.29) is 6.29 Å². The number of rotatable bonds is 19. The van der Waals surface area contributed by atoms with Crippen molar-refractivity contribution in [3.8, 4) is 0 Å². The Labute approximate surface area is 174 Å². The highest BCUT2D eigenvalue weighted by Crippen LogP contribution is 2.14. The third-order valence-electron chi connectivity index (χ3n) is 5.31. The zero-order valence-electron chi connectivity index (χ0n) is 18.3. The molecule has 28 heavy (non-hydrogen) atoms. The van der Waals surface area contributed by atoms with Crippen LogP contribution in [0.4, 0.5) is 0 Å². The predicted molar refractivity (Wildman–Crippen MR) is 120 cm³/mol. The molecule has 1 saturated heterocycles. The number of aliphatic hydroxyl groups excluding tert-OH is 1. The summed E-state index contributed by atoms with van der Waals surface area (Å²) in [7, 11) is 0. The molecule has 0 bridgehead atoms. The van der Waals surface area contributed by atoms with Gasteiger partial charge in [-0.2, -0.15) is 0 Å². The van der Waals surface area contributed by atoms with Gasteiger partial charge in [0.2, 0.25) is 0 Å². The molecule has 1 rings (SSSR count). The van der Waals surface area contributed by atoms with E-state index in [0.717, 1.165) is 38.9 Å². The Bertz CT molecular complexity index is 359. The summed E-state index contributed by atoms with van der Waals surface area (Å²) in [6.07, 6.45) is 30.2. The van der Waals surface area contributed by atoms with Crippen molar-refractivity contribution in [1.29, 1.82) is 0 Å². The zero-order valence-corrected chi connectivity index (χ0v) is 18.3. The van der Waals surface area contributed by atoms with E-state index in [0.29, 0.717) is 6.61 Å². The minimum atomic E-state index is 0.0719. The normalized spacial score (nSPS) is 17.8. The molecule has 1 N–H and O–H groups in total. The zero-order chi connectivity index (χ0) is 20.0. The van der Waals surface area contributed by atoms with Crippen LogP contribution >= 0.6 is 0 Å². The maximum absolute atomic E-state index is 8.72. The highest BCUT2D eigenvalue weighted by atomic mass is 16.7. The van der Waals surface area contributed by atoms with Crippen molar-refractivity contribution < 1.29 is 14.6 Å². The predicted octanol–water partition coefficient (Wildman–Crippen LogP) is 7.10. The Morgan fingerprint density at radius 3 is 1.75 bits per heavy atom. The first-order chi connectivity index (χ1) is 13.9. The third-order valence-corrected chi connectivity index (χ3v) is 5.31. The number of allylic oxidation sites excluding steroid dienone is 4. The Kier molecular flexibility index (Phi) is 19.1. The smallest absolute Gasteiger partial charge is 0.157 e. The summed E-state index contributed by atoms with van der Waals surface area (Å²) in [5.41, 5.74) is 0. The van der Waals surface area contributed by atoms with E-state index in [2.05, 4.69) is 24.3 Å². The molecule has 1 heterocycles. The van der Waals surface area contributed by atoms with Crippen molar-refractivity contribution in [3.63, 3.8) is 0 Å². The topological polar surface area (TPSA) is 38.7 Å². The second-order valence-electron chi connectivity index (χ2n) is 8.02. The van der Waals surface area contributed by atoms with Crippen molar-refractivity contribution in [3.05, 3.63) is 24.3 Å². The van der Waals surface area contributed by atoms with E-state index in [1.54, 1.807) is 0 Å². The van der Waals surface area contributed by atoms with E-state index in [1.165, 1.54) is 83.5 Å². The van der Waals surface area contributed by atoms with Crippen LogP contribution in [0, 0.1) is 0 Å². The lowest BCUT2D eigenvalue weighted by molar-refractivity contribution is -0.162. The molecule has 1 aliphatic heterocycles. The Balaban J connectivity index is 1.72. The molecular weight excluding hydrogens is 348 g/mol. The highest BCUT2D eigenvalue weighted by Gasteiger charge is 2.12. The minimum Gasteiger partial charge on any atom is -0.396 e. The Morgan fingerprint density at radius 1 is 0.679 bits per heavy atom. The molecule has 0 aromatic carbocycles. The van der Waals surface area contributed by atoms with Gasteiger partial charge in [-0.1, -0.05) is 50.0 Å². The van der Waals surface area contributed by atoms with Crippen molar-refractivity contribution in [2.75, 3.05) is 19.8 Å². The summed E-state index contributed by atoms with van der Waals surface area (Å²) in [6, 6.07) is 0. The van der Waals surface area contributed by atoms with Gasteiger partial charge in [-0.25, -0.2) is 0 Å². The first kappa shape index (κ1) is 25.4. The van der Waals surface area contributed by atoms with Gasteiger partial charge in [0.05, 0.1) is 0 Å². The van der Waals surface area contributed by atoms with Crippen LogP contribution in [0.2, 0.25) is 0 Å². The lowest BCUT2D eigenvalue weighted by Crippen LogP contribution is -2.22. The molecule has 0 amide bonds. The van der Waals surface area contributed by atoms with Crippen LogP contribution in [0.25, 0.3) is 0 Å². The molecular formula is C25H46O3. The average Bonchev–Trinajstić information content (AvgIpc) is 2.73. The second-order valence-corrected chi connectivity index (χ2v) is 8.02. The van der Waals surface area contributed by atoms with E-state index in [4.69, 9.17) is 14.6 Å². The van der Waals surface area contributed by atoms with Gasteiger partial charge in [-0.3, -0.25) is 0 Å². The van der Waals surface area contributed by atoms with Crippen LogP contribution < -0.4 is 0 Å². The van der Waals surface area contributed by atoms with Gasteiger partial charge in [0.25, 0.3) is 0 Å². The summed E-state index contributed by atoms with van der Waals surface area (Å²) in [6.45, 7) is 2.06. The van der Waals surface area contributed by atoms with E-state index < -0.39 is 0 Å². The number of unbranched alkanes of at least 4 members (excludes halogenated alkanes) is 11. The summed E-state index contributed by atoms with van der Waals surface area (Å²) >= 11 is 0. The fourth-order valence-corrected chi connectivity index (χ4v) is 3.50. The molecule has 1 aliphatic rings. The van der Waals surface area contributed by atoms with Crippen molar-refractivity contribution in [1.82, 2.24) is 0 Å². The van der Waals surface area contributed by atoms with Gasteiger partial charge >= 0.3 is 0 Å². The van der Waals surface area contributed by atoms with Gasteiger partial charge in [0.15, 0.2) is 6.29 Å². The third kappa shape index (κ3) is 17.5. The van der Waals surface area contributed by atoms with Crippen molar-refractivity contribution >= 4 is 0 Å². The fourth-order valence-electron chi connectivity index (χ4n) is 3.50. The molecule has 0 saturated carbocycles. The molecule has 3 heteroatoms. The summed E-state index contributed by atoms with van der Waals surface area (Å²) in [5, 5.41) is 8.72. The molecule has 0 aliphatic carbocycles. The number of hydrogen-bond acceptors (Lipinski definition) is 3. The summed E-state index contributed by atoms with van der Waals surface area (Å²) in [4.78, 5) is 0. The lowest BCUT2D eigenvalue weighted by atomic mass is 10.1. The van der Waals surface area contributed by atoms with Gasteiger partial charge in [-0.05, 0) is 83.5 Å². The Morgan fingerprint density at radius 2 is 1.21 bits per heavy atom. The molecule has 3 nitrogen and oxygen atoms in total. The second kappa shape index (κ2) is 21.1. The van der Waals surface area contributed by atoms with Gasteiger partial charge in [-0.15, -0.1) is 0 Å². The Hall–Kier alpha value is -0.640. The molecule has 0 radical (unpaired) electrons. The van der Waals surface area contributed by atoms with Crippen LogP contribution in [0.3, 0.4) is 0 Å². The average molecular weight is 395 g/mol. The number of hydrogen-bond donors (Lipinski definition) is 1. The fraction of sp³-hybridized carbons (Fsp3) is 0.840. The van der Waals surface area contributed by atoms with E-state index >= 15 is 0 Å². The van der Waals surface area contributed by atoms with Crippen molar-refractivity contribution in [2.45, 2.75) is 115 Å². The van der Waals surface area contributed by atoms with Crippen LogP contribution in [-0.4, -0.2) is 31.2 Å². The molecule has 1 atom stereocenters. The van der Waals surface area contributed by atoms with Crippen LogP contribution in [-0.2, 0) is 9.47 Å². The highest BCUT2D eigenvalue weighted by molar-refractivity contribution is 4.82. The van der Waals surface area contributed by atoms with E-state index in [1.807, 2.05) is 0 Å². The standard InChI is InChI=1S/C25H46O3/c26-22-18-15-13-11-9-7-5-3-1-2-4-6-8-10-12-14-16-19-23-27-25-21-17-20-24-28-25/h7,9-10,12,25-26H,1-6,8,11,13-24H2/b9-7-,12-10-. The molecule has 0 aromatic rings. The molecule has 0 aromatic heterocycles. The minimum absolute atomic E-state index is 0.0719. The van der Waals surface area contributed by atoms with E-state index in [9.17, 15) is 0 Å². The molecule has 0 spiro atoms. The maximum atomic E-state index is 8.72. The van der Waals surface area contributed by atoms with Gasteiger partial charge < -0.3 is 14.6 Å². The van der Waals surface area contributed by atoms with Crippen LogP contribution in [0.5, 0.6) is 0 Å². The van der Waals surface area contributed by atoms with Gasteiger partial charge in [0.1, 0.15) is 0 Å². The quantitative estimate of drug-likeness (QED) is 0.188. The van der Waals surface area contributed by atoms with Crippen LogP contribution in [0.15, 0.2) is 24.3 Å². The first-order valence-electron chi connectivity index (χ1n) is 12.1. The lowest BCUT2D eigenvalue weighted by Gasteiger charge is -2.22.